The third-order valence-electron chi connectivity index (χ3n) is 4.02. The van der Waals surface area contributed by atoms with Gasteiger partial charge in [0.25, 0.3) is 0 Å². The van der Waals surface area contributed by atoms with E-state index in [1.807, 2.05) is 6.07 Å². The number of halogens is 1. The Bertz CT molecular complexity index is 440. The Morgan fingerprint density at radius 3 is 2.80 bits per heavy atom. The summed E-state index contributed by atoms with van der Waals surface area (Å²) in [5.41, 5.74) is 1.27. The van der Waals surface area contributed by atoms with Crippen LogP contribution >= 0.6 is 15.9 Å². The molecule has 1 aromatic rings. The molecular formula is C16H25BrN2O. The lowest BCUT2D eigenvalue weighted by atomic mass is 9.98. The number of nitrogens with zero attached hydrogens (tertiary/aromatic N) is 1. The van der Waals surface area contributed by atoms with Crippen LogP contribution in [0, 0.1) is 5.92 Å². The summed E-state index contributed by atoms with van der Waals surface area (Å²) in [6, 6.07) is 7.20. The standard InChI is InChI=1S/C16H25BrN2O/c1-11(2)15(19(3)4)10-18-14-7-8-20-16-6-5-12(17)9-13(14)16/h5-6,9,11,14-15,18H,7-8,10H2,1-4H3. The predicted octanol–water partition coefficient (Wildman–Crippen LogP) is 3.45. The molecule has 0 saturated heterocycles. The van der Waals surface area contributed by atoms with E-state index in [0.29, 0.717) is 18.0 Å². The summed E-state index contributed by atoms with van der Waals surface area (Å²) in [6.07, 6.45) is 1.03. The lowest BCUT2D eigenvalue weighted by Gasteiger charge is -2.32. The third kappa shape index (κ3) is 3.74. The molecule has 1 aliphatic rings. The Hall–Kier alpha value is -0.580. The summed E-state index contributed by atoms with van der Waals surface area (Å²) in [5, 5.41) is 3.73. The van der Waals surface area contributed by atoms with Gasteiger partial charge in [-0.3, -0.25) is 0 Å². The fraction of sp³-hybridized carbons (Fsp3) is 0.625. The van der Waals surface area contributed by atoms with E-state index in [4.69, 9.17) is 4.74 Å². The van der Waals surface area contributed by atoms with E-state index < -0.39 is 0 Å². The molecule has 4 heteroatoms. The second kappa shape index (κ2) is 6.92. The van der Waals surface area contributed by atoms with Gasteiger partial charge in [-0.25, -0.2) is 0 Å². The third-order valence-corrected chi connectivity index (χ3v) is 4.51. The van der Waals surface area contributed by atoms with Crippen molar-refractivity contribution in [1.82, 2.24) is 10.2 Å². The molecule has 3 nitrogen and oxygen atoms in total. The van der Waals surface area contributed by atoms with Gasteiger partial charge in [-0.1, -0.05) is 29.8 Å². The Balaban J connectivity index is 2.06. The first-order valence-corrected chi connectivity index (χ1v) is 8.10. The van der Waals surface area contributed by atoms with Crippen LogP contribution in [0.1, 0.15) is 31.9 Å². The molecule has 0 spiro atoms. The van der Waals surface area contributed by atoms with Gasteiger partial charge >= 0.3 is 0 Å². The molecule has 0 amide bonds. The van der Waals surface area contributed by atoms with Crippen molar-refractivity contribution in [1.29, 1.82) is 0 Å². The summed E-state index contributed by atoms with van der Waals surface area (Å²) in [6.45, 7) is 6.35. The molecule has 0 aromatic heterocycles. The average Bonchev–Trinajstić information content (AvgIpc) is 2.38. The molecule has 2 unspecified atom stereocenters. The monoisotopic (exact) mass is 340 g/mol. The Kier molecular flexibility index (Phi) is 5.47. The van der Waals surface area contributed by atoms with Gasteiger partial charge < -0.3 is 15.0 Å². The molecular weight excluding hydrogens is 316 g/mol. The van der Waals surface area contributed by atoms with Crippen LogP contribution in [0.2, 0.25) is 0 Å². The highest BCUT2D eigenvalue weighted by Crippen LogP contribution is 2.34. The first-order chi connectivity index (χ1) is 9.49. The van der Waals surface area contributed by atoms with Gasteiger partial charge in [0.15, 0.2) is 0 Å². The minimum absolute atomic E-state index is 0.387. The summed E-state index contributed by atoms with van der Waals surface area (Å²) in [4.78, 5) is 2.30. The maximum Gasteiger partial charge on any atom is 0.124 e. The van der Waals surface area contributed by atoms with Crippen LogP contribution in [0.3, 0.4) is 0 Å². The van der Waals surface area contributed by atoms with E-state index in [-0.39, 0.29) is 0 Å². The van der Waals surface area contributed by atoms with Crippen molar-refractivity contribution in [2.45, 2.75) is 32.4 Å². The Labute approximate surface area is 130 Å². The van der Waals surface area contributed by atoms with Gasteiger partial charge in [-0.2, -0.15) is 0 Å². The molecule has 0 saturated carbocycles. The SMILES string of the molecule is CC(C)C(CNC1CCOc2ccc(Br)cc21)N(C)C. The molecule has 0 radical (unpaired) electrons. The first-order valence-electron chi connectivity index (χ1n) is 7.31. The van der Waals surface area contributed by atoms with Crippen LogP contribution in [-0.2, 0) is 0 Å². The summed E-state index contributed by atoms with van der Waals surface area (Å²) < 4.78 is 6.85. The molecule has 1 aliphatic heterocycles. The van der Waals surface area contributed by atoms with Gasteiger partial charge in [-0.15, -0.1) is 0 Å². The topological polar surface area (TPSA) is 24.5 Å². The second-order valence-electron chi connectivity index (χ2n) is 6.06. The van der Waals surface area contributed by atoms with Crippen molar-refractivity contribution in [2.24, 2.45) is 5.92 Å². The van der Waals surface area contributed by atoms with Crippen LogP contribution in [0.5, 0.6) is 5.75 Å². The van der Waals surface area contributed by atoms with Crippen LogP contribution in [0.15, 0.2) is 22.7 Å². The number of nitrogens with one attached hydrogen (secondary N) is 1. The van der Waals surface area contributed by atoms with Crippen molar-refractivity contribution >= 4 is 15.9 Å². The van der Waals surface area contributed by atoms with Gasteiger partial charge in [0.05, 0.1) is 6.61 Å². The number of likely N-dealkylation sites (N-methyl/N-ethyl adjacent to an activating group) is 1. The highest BCUT2D eigenvalue weighted by molar-refractivity contribution is 9.10. The van der Waals surface area contributed by atoms with Crippen LogP contribution in [0.25, 0.3) is 0 Å². The van der Waals surface area contributed by atoms with Crippen molar-refractivity contribution in [3.8, 4) is 5.75 Å². The Morgan fingerprint density at radius 2 is 2.15 bits per heavy atom. The van der Waals surface area contributed by atoms with E-state index in [0.717, 1.165) is 29.8 Å². The van der Waals surface area contributed by atoms with Crippen molar-refractivity contribution in [3.05, 3.63) is 28.2 Å². The van der Waals surface area contributed by atoms with E-state index in [9.17, 15) is 0 Å². The normalized spacial score (nSPS) is 19.9. The summed E-state index contributed by atoms with van der Waals surface area (Å²) >= 11 is 3.55. The van der Waals surface area contributed by atoms with Crippen LogP contribution in [0.4, 0.5) is 0 Å². The molecule has 0 fully saturated rings. The van der Waals surface area contributed by atoms with E-state index in [1.54, 1.807) is 0 Å². The zero-order valence-electron chi connectivity index (χ0n) is 12.8. The molecule has 1 N–H and O–H groups in total. The molecule has 2 atom stereocenters. The van der Waals surface area contributed by atoms with Gasteiger partial charge in [0.2, 0.25) is 0 Å². The summed E-state index contributed by atoms with van der Waals surface area (Å²) in [5.74, 6) is 1.65. The number of ether oxygens (including phenoxy) is 1. The minimum Gasteiger partial charge on any atom is -0.493 e. The molecule has 1 heterocycles. The first kappa shape index (κ1) is 15.8. The molecule has 112 valence electrons. The van der Waals surface area contributed by atoms with Gasteiger partial charge in [0, 0.05) is 35.1 Å². The lowest BCUT2D eigenvalue weighted by molar-refractivity contribution is 0.202. The highest BCUT2D eigenvalue weighted by Gasteiger charge is 2.23. The molecule has 20 heavy (non-hydrogen) atoms. The lowest BCUT2D eigenvalue weighted by Crippen LogP contribution is -2.43. The van der Waals surface area contributed by atoms with Crippen molar-refractivity contribution in [2.75, 3.05) is 27.2 Å². The molecule has 2 rings (SSSR count). The molecule has 0 bridgehead atoms. The second-order valence-corrected chi connectivity index (χ2v) is 6.97. The summed E-state index contributed by atoms with van der Waals surface area (Å²) in [7, 11) is 4.31. The number of hydrogen-bond donors (Lipinski definition) is 1. The van der Waals surface area contributed by atoms with Gasteiger partial charge in [0.1, 0.15) is 5.75 Å². The smallest absolute Gasteiger partial charge is 0.124 e. The Morgan fingerprint density at radius 1 is 1.40 bits per heavy atom. The fourth-order valence-corrected chi connectivity index (χ4v) is 3.23. The van der Waals surface area contributed by atoms with Crippen molar-refractivity contribution in [3.63, 3.8) is 0 Å². The molecule has 0 aliphatic carbocycles. The quantitative estimate of drug-likeness (QED) is 0.888. The number of benzene rings is 1. The maximum absolute atomic E-state index is 5.74. The maximum atomic E-state index is 5.74. The largest absolute Gasteiger partial charge is 0.493 e. The van der Waals surface area contributed by atoms with E-state index >= 15 is 0 Å². The van der Waals surface area contributed by atoms with Gasteiger partial charge in [-0.05, 0) is 38.2 Å². The predicted molar refractivity (Wildman–Crippen MR) is 87.3 cm³/mol. The zero-order chi connectivity index (χ0) is 14.7. The van der Waals surface area contributed by atoms with E-state index in [2.05, 4.69) is 66.2 Å². The zero-order valence-corrected chi connectivity index (χ0v) is 14.4. The highest BCUT2D eigenvalue weighted by atomic mass is 79.9. The number of fused-ring (bicyclic) bond motifs is 1. The average molecular weight is 341 g/mol. The van der Waals surface area contributed by atoms with Crippen molar-refractivity contribution < 1.29 is 4.74 Å². The van der Waals surface area contributed by atoms with Crippen LogP contribution < -0.4 is 10.1 Å². The number of hydrogen-bond acceptors (Lipinski definition) is 3. The fourth-order valence-electron chi connectivity index (χ4n) is 2.85. The van der Waals surface area contributed by atoms with Crippen LogP contribution in [-0.4, -0.2) is 38.2 Å². The number of rotatable bonds is 5. The molecule has 1 aromatic carbocycles. The minimum atomic E-state index is 0.387. The van der Waals surface area contributed by atoms with E-state index in [1.165, 1.54) is 5.56 Å².